The number of H-pyrrole nitrogens is 1. The number of aromatic amines is 1. The first kappa shape index (κ1) is 24.5. The molecule has 0 radical (unpaired) electrons. The van der Waals surface area contributed by atoms with Gasteiger partial charge in [-0.1, -0.05) is 30.4 Å². The van der Waals surface area contributed by atoms with Crippen LogP contribution in [0.15, 0.2) is 53.8 Å². The number of fused-ring (bicyclic) bond motifs is 1. The number of amides is 1. The van der Waals surface area contributed by atoms with Gasteiger partial charge in [0.05, 0.1) is 5.56 Å². The quantitative estimate of drug-likeness (QED) is 0.205. The van der Waals surface area contributed by atoms with E-state index in [-0.39, 0.29) is 17.6 Å². The Morgan fingerprint density at radius 3 is 2.72 bits per heavy atom. The highest BCUT2D eigenvalue weighted by Crippen LogP contribution is 2.35. The zero-order chi connectivity index (χ0) is 25.6. The molecular weight excluding hydrogens is 488 g/mol. The molecule has 3 aromatic heterocycles. The molecule has 0 spiro atoms. The SMILES string of the molecule is CSc1nccc(C(=O)c2cc(C)c(=S)[nH]c2C)c1C(=O)N1CCC(c2cn(C)c3ccccc23)C1. The lowest BCUT2D eigenvalue weighted by Crippen LogP contribution is -2.31. The highest BCUT2D eigenvalue weighted by molar-refractivity contribution is 7.98. The molecule has 8 heteroatoms. The number of nitrogens with one attached hydrogen (secondary N) is 1. The van der Waals surface area contributed by atoms with E-state index >= 15 is 0 Å². The van der Waals surface area contributed by atoms with E-state index in [0.717, 1.165) is 12.0 Å². The van der Waals surface area contributed by atoms with Crippen molar-refractivity contribution < 1.29 is 9.59 Å². The number of pyridine rings is 2. The summed E-state index contributed by atoms with van der Waals surface area (Å²) in [5.74, 6) is -0.0998. The molecule has 36 heavy (non-hydrogen) atoms. The molecule has 1 aromatic carbocycles. The Bertz CT molecular complexity index is 1570. The lowest BCUT2D eigenvalue weighted by molar-refractivity contribution is 0.0781. The third-order valence-corrected chi connectivity index (χ3v) is 8.20. The van der Waals surface area contributed by atoms with Gasteiger partial charge in [-0.2, -0.15) is 0 Å². The summed E-state index contributed by atoms with van der Waals surface area (Å²) >= 11 is 6.71. The fraction of sp³-hybridized carbons (Fsp3) is 0.286. The second-order valence-electron chi connectivity index (χ2n) is 9.34. The van der Waals surface area contributed by atoms with Crippen LogP contribution in [0, 0.1) is 18.5 Å². The molecule has 0 bridgehead atoms. The average Bonchev–Trinajstić information content (AvgIpc) is 3.50. The van der Waals surface area contributed by atoms with Crippen molar-refractivity contribution in [1.82, 2.24) is 19.4 Å². The number of aromatic nitrogens is 3. The van der Waals surface area contributed by atoms with Gasteiger partial charge in [0.1, 0.15) is 9.67 Å². The van der Waals surface area contributed by atoms with E-state index in [1.165, 1.54) is 28.2 Å². The summed E-state index contributed by atoms with van der Waals surface area (Å²) in [6.07, 6.45) is 6.54. The number of rotatable bonds is 5. The molecule has 4 heterocycles. The van der Waals surface area contributed by atoms with Crippen molar-refractivity contribution in [3.8, 4) is 0 Å². The van der Waals surface area contributed by atoms with Gasteiger partial charge in [-0.05, 0) is 55.9 Å². The number of ketones is 1. The number of hydrogen-bond acceptors (Lipinski definition) is 5. The first-order valence-electron chi connectivity index (χ1n) is 11.9. The van der Waals surface area contributed by atoms with Gasteiger partial charge in [0.2, 0.25) is 0 Å². The van der Waals surface area contributed by atoms with Crippen LogP contribution in [0.5, 0.6) is 0 Å². The van der Waals surface area contributed by atoms with Crippen molar-refractivity contribution in [1.29, 1.82) is 0 Å². The topological polar surface area (TPSA) is 71.0 Å². The summed E-state index contributed by atoms with van der Waals surface area (Å²) in [6.45, 7) is 4.95. The van der Waals surface area contributed by atoms with E-state index in [1.54, 1.807) is 18.3 Å². The number of nitrogens with zero attached hydrogens (tertiary/aromatic N) is 3. The van der Waals surface area contributed by atoms with Crippen LogP contribution in [0.25, 0.3) is 10.9 Å². The fourth-order valence-electron chi connectivity index (χ4n) is 5.16. The largest absolute Gasteiger partial charge is 0.350 e. The first-order chi connectivity index (χ1) is 17.3. The molecular formula is C28H28N4O2S2. The molecule has 5 rings (SSSR count). The number of thioether (sulfide) groups is 1. The van der Waals surface area contributed by atoms with Gasteiger partial charge in [-0.3, -0.25) is 9.59 Å². The fourth-order valence-corrected chi connectivity index (χ4v) is 5.94. The Kier molecular flexibility index (Phi) is 6.57. The third-order valence-electron chi connectivity index (χ3n) is 7.08. The summed E-state index contributed by atoms with van der Waals surface area (Å²) in [6, 6.07) is 11.8. The molecule has 1 N–H and O–H groups in total. The number of hydrogen-bond donors (Lipinski definition) is 1. The van der Waals surface area contributed by atoms with E-state index < -0.39 is 0 Å². The number of likely N-dealkylation sites (tertiary alicyclic amines) is 1. The standard InChI is InChI=1S/C28H28N4O2S2/c1-16-13-21(17(2)30-26(16)35)25(33)20-9-11-29-27(36-4)24(20)28(34)32-12-10-18(14-32)22-15-31(3)23-8-6-5-7-19(22)23/h5-9,11,13,15,18H,10,12,14H2,1-4H3,(H,30,35). The highest BCUT2D eigenvalue weighted by Gasteiger charge is 2.33. The molecule has 6 nitrogen and oxygen atoms in total. The molecule has 1 fully saturated rings. The van der Waals surface area contributed by atoms with Crippen molar-refractivity contribution in [2.75, 3.05) is 19.3 Å². The van der Waals surface area contributed by atoms with Gasteiger partial charge in [-0.25, -0.2) is 4.98 Å². The van der Waals surface area contributed by atoms with Crippen molar-refractivity contribution in [3.05, 3.63) is 86.9 Å². The summed E-state index contributed by atoms with van der Waals surface area (Å²) in [4.78, 5) is 37.1. The molecule has 1 atom stereocenters. The minimum absolute atomic E-state index is 0.142. The lowest BCUT2D eigenvalue weighted by Gasteiger charge is -2.20. The summed E-state index contributed by atoms with van der Waals surface area (Å²) in [5, 5.41) is 1.80. The maximum atomic E-state index is 13.9. The molecule has 1 saturated heterocycles. The number of para-hydroxylation sites is 1. The zero-order valence-corrected chi connectivity index (χ0v) is 22.4. The molecule has 184 valence electrons. The highest BCUT2D eigenvalue weighted by atomic mass is 32.2. The molecule has 0 aliphatic carbocycles. The number of benzene rings is 1. The summed E-state index contributed by atoms with van der Waals surface area (Å²) in [5.41, 5.74) is 5.24. The van der Waals surface area contributed by atoms with Crippen LogP contribution in [0.1, 0.15) is 55.4 Å². The Labute approximate surface area is 219 Å². The van der Waals surface area contributed by atoms with Gasteiger partial charge in [0, 0.05) is 66.2 Å². The van der Waals surface area contributed by atoms with Crippen molar-refractivity contribution in [2.24, 2.45) is 7.05 Å². The van der Waals surface area contributed by atoms with Gasteiger partial charge in [-0.15, -0.1) is 11.8 Å². The van der Waals surface area contributed by atoms with E-state index in [0.29, 0.717) is 45.1 Å². The molecule has 0 saturated carbocycles. The van der Waals surface area contributed by atoms with Gasteiger partial charge < -0.3 is 14.5 Å². The van der Waals surface area contributed by atoms with Crippen LogP contribution in [0.4, 0.5) is 0 Å². The smallest absolute Gasteiger partial charge is 0.257 e. The minimum atomic E-state index is -0.201. The van der Waals surface area contributed by atoms with Crippen LogP contribution in [0.2, 0.25) is 0 Å². The second-order valence-corrected chi connectivity index (χ2v) is 10.5. The average molecular weight is 517 g/mol. The van der Waals surface area contributed by atoms with Gasteiger partial charge in [0.25, 0.3) is 5.91 Å². The van der Waals surface area contributed by atoms with Gasteiger partial charge in [0.15, 0.2) is 5.78 Å². The first-order valence-corrected chi connectivity index (χ1v) is 13.5. The van der Waals surface area contributed by atoms with Crippen molar-refractivity contribution >= 4 is 46.6 Å². The zero-order valence-electron chi connectivity index (χ0n) is 20.8. The lowest BCUT2D eigenvalue weighted by atomic mass is 9.97. The second kappa shape index (κ2) is 9.67. The third kappa shape index (κ3) is 4.18. The Morgan fingerprint density at radius 2 is 1.94 bits per heavy atom. The maximum absolute atomic E-state index is 13.9. The molecule has 1 amide bonds. The minimum Gasteiger partial charge on any atom is -0.350 e. The van der Waals surface area contributed by atoms with Crippen LogP contribution < -0.4 is 0 Å². The predicted octanol–water partition coefficient (Wildman–Crippen LogP) is 5.83. The Balaban J connectivity index is 1.50. The van der Waals surface area contributed by atoms with E-state index in [1.807, 2.05) is 31.1 Å². The van der Waals surface area contributed by atoms with Crippen LogP contribution in [-0.4, -0.2) is 50.5 Å². The van der Waals surface area contributed by atoms with Crippen LogP contribution in [0.3, 0.4) is 0 Å². The van der Waals surface area contributed by atoms with E-state index in [9.17, 15) is 9.59 Å². The van der Waals surface area contributed by atoms with Crippen molar-refractivity contribution in [3.63, 3.8) is 0 Å². The number of carbonyl (C=O) groups is 2. The summed E-state index contributed by atoms with van der Waals surface area (Å²) < 4.78 is 2.75. The van der Waals surface area contributed by atoms with Crippen LogP contribution >= 0.6 is 24.0 Å². The molecule has 1 unspecified atom stereocenters. The molecule has 4 aromatic rings. The Morgan fingerprint density at radius 1 is 1.17 bits per heavy atom. The normalized spacial score (nSPS) is 15.6. The number of aryl methyl sites for hydroxylation is 3. The Hall–Kier alpha value is -3.23. The predicted molar refractivity (Wildman–Crippen MR) is 147 cm³/mol. The van der Waals surface area contributed by atoms with Gasteiger partial charge >= 0.3 is 0 Å². The monoisotopic (exact) mass is 516 g/mol. The molecule has 1 aliphatic rings. The number of carbonyl (C=O) groups excluding carboxylic acids is 2. The maximum Gasteiger partial charge on any atom is 0.257 e. The van der Waals surface area contributed by atoms with E-state index in [4.69, 9.17) is 12.2 Å². The van der Waals surface area contributed by atoms with Crippen LogP contribution in [-0.2, 0) is 7.05 Å². The van der Waals surface area contributed by atoms with Crippen molar-refractivity contribution in [2.45, 2.75) is 31.2 Å². The summed E-state index contributed by atoms with van der Waals surface area (Å²) in [7, 11) is 2.06. The molecule has 1 aliphatic heterocycles. The van der Waals surface area contributed by atoms with E-state index in [2.05, 4.69) is 46.0 Å².